The lowest BCUT2D eigenvalue weighted by Crippen LogP contribution is -2.21. The second kappa shape index (κ2) is 6.22. The lowest BCUT2D eigenvalue weighted by molar-refractivity contribution is 0.127. The molecule has 1 N–H and O–H groups in total. The molecule has 2 heterocycles. The SMILES string of the molecule is Cc1c(-c2ccccc2)n[nH]c1CS(=O)(=O)CC1CCCO1. The van der Waals surface area contributed by atoms with Gasteiger partial charge in [-0.25, -0.2) is 8.42 Å². The molecule has 1 aliphatic heterocycles. The molecule has 0 aliphatic carbocycles. The van der Waals surface area contributed by atoms with E-state index in [0.29, 0.717) is 12.3 Å². The number of ether oxygens (including phenoxy) is 1. The molecule has 1 aromatic heterocycles. The molecule has 1 fully saturated rings. The molecule has 1 saturated heterocycles. The molecule has 0 amide bonds. The van der Waals surface area contributed by atoms with Gasteiger partial charge in [0.05, 0.1) is 29.0 Å². The Balaban J connectivity index is 1.77. The Morgan fingerprint density at radius 3 is 2.77 bits per heavy atom. The minimum atomic E-state index is -3.21. The molecule has 22 heavy (non-hydrogen) atoms. The van der Waals surface area contributed by atoms with Crippen molar-refractivity contribution in [1.29, 1.82) is 0 Å². The van der Waals surface area contributed by atoms with Crippen molar-refractivity contribution in [3.05, 3.63) is 41.6 Å². The van der Waals surface area contributed by atoms with Gasteiger partial charge in [-0.3, -0.25) is 5.10 Å². The molecule has 1 aromatic carbocycles. The van der Waals surface area contributed by atoms with Crippen LogP contribution in [0.25, 0.3) is 11.3 Å². The highest BCUT2D eigenvalue weighted by atomic mass is 32.2. The van der Waals surface area contributed by atoms with Gasteiger partial charge in [-0.1, -0.05) is 30.3 Å². The van der Waals surface area contributed by atoms with Crippen molar-refractivity contribution in [1.82, 2.24) is 10.2 Å². The maximum Gasteiger partial charge on any atom is 0.158 e. The van der Waals surface area contributed by atoms with Gasteiger partial charge in [-0.05, 0) is 25.3 Å². The Kier molecular flexibility index (Phi) is 4.31. The Hall–Kier alpha value is -1.66. The fraction of sp³-hybridized carbons (Fsp3) is 0.438. The first-order valence-corrected chi connectivity index (χ1v) is 9.28. The molecular weight excluding hydrogens is 300 g/mol. The van der Waals surface area contributed by atoms with Crippen LogP contribution in [0.1, 0.15) is 24.1 Å². The number of H-pyrrole nitrogens is 1. The second-order valence-corrected chi connectivity index (χ2v) is 7.84. The summed E-state index contributed by atoms with van der Waals surface area (Å²) in [5.41, 5.74) is 3.35. The van der Waals surface area contributed by atoms with E-state index in [9.17, 15) is 8.42 Å². The van der Waals surface area contributed by atoms with Crippen LogP contribution in [-0.2, 0) is 20.3 Å². The summed E-state index contributed by atoms with van der Waals surface area (Å²) >= 11 is 0. The smallest absolute Gasteiger partial charge is 0.158 e. The highest BCUT2D eigenvalue weighted by Crippen LogP contribution is 2.24. The van der Waals surface area contributed by atoms with Gasteiger partial charge in [0.25, 0.3) is 0 Å². The summed E-state index contributed by atoms with van der Waals surface area (Å²) in [6.45, 7) is 2.57. The Morgan fingerprint density at radius 1 is 1.32 bits per heavy atom. The van der Waals surface area contributed by atoms with Crippen LogP contribution in [0.5, 0.6) is 0 Å². The number of aromatic nitrogens is 2. The number of benzene rings is 1. The van der Waals surface area contributed by atoms with E-state index in [1.165, 1.54) is 0 Å². The highest BCUT2D eigenvalue weighted by molar-refractivity contribution is 7.90. The third kappa shape index (κ3) is 3.39. The van der Waals surface area contributed by atoms with Gasteiger partial charge < -0.3 is 4.74 Å². The minimum absolute atomic E-state index is 0.0154. The normalized spacial score (nSPS) is 18.7. The number of nitrogens with zero attached hydrogens (tertiary/aromatic N) is 1. The monoisotopic (exact) mass is 320 g/mol. The zero-order valence-electron chi connectivity index (χ0n) is 12.6. The maximum atomic E-state index is 12.3. The quantitative estimate of drug-likeness (QED) is 0.918. The van der Waals surface area contributed by atoms with Gasteiger partial charge in [-0.15, -0.1) is 0 Å². The molecule has 2 aromatic rings. The summed E-state index contributed by atoms with van der Waals surface area (Å²) < 4.78 is 30.1. The summed E-state index contributed by atoms with van der Waals surface area (Å²) in [5.74, 6) is 0.0741. The average Bonchev–Trinajstić information content (AvgIpc) is 3.10. The molecule has 1 unspecified atom stereocenters. The third-order valence-corrected chi connectivity index (χ3v) is 5.59. The van der Waals surface area contributed by atoms with Crippen LogP contribution in [0.4, 0.5) is 0 Å². The number of aromatic amines is 1. The molecule has 5 nitrogen and oxygen atoms in total. The first-order valence-electron chi connectivity index (χ1n) is 7.46. The van der Waals surface area contributed by atoms with Gasteiger partial charge in [0.1, 0.15) is 0 Å². The maximum absolute atomic E-state index is 12.3. The van der Waals surface area contributed by atoms with Gasteiger partial charge >= 0.3 is 0 Å². The van der Waals surface area contributed by atoms with Crippen molar-refractivity contribution in [2.75, 3.05) is 12.4 Å². The van der Waals surface area contributed by atoms with Crippen molar-refractivity contribution >= 4 is 9.84 Å². The second-order valence-electron chi connectivity index (χ2n) is 5.73. The Labute approximate surface area is 130 Å². The Bertz CT molecular complexity index is 732. The molecule has 0 spiro atoms. The average molecular weight is 320 g/mol. The van der Waals surface area contributed by atoms with E-state index in [1.807, 2.05) is 37.3 Å². The van der Waals surface area contributed by atoms with Gasteiger partial charge in [0.2, 0.25) is 0 Å². The fourth-order valence-electron chi connectivity index (χ4n) is 2.79. The minimum Gasteiger partial charge on any atom is -0.377 e. The van der Waals surface area contributed by atoms with Crippen LogP contribution in [0.2, 0.25) is 0 Å². The molecule has 6 heteroatoms. The summed E-state index contributed by atoms with van der Waals surface area (Å²) in [6, 6.07) is 9.76. The van der Waals surface area contributed by atoms with E-state index in [1.54, 1.807) is 0 Å². The number of hydrogen-bond donors (Lipinski definition) is 1. The van der Waals surface area contributed by atoms with Crippen LogP contribution < -0.4 is 0 Å². The molecule has 1 atom stereocenters. The first-order chi connectivity index (χ1) is 10.6. The van der Waals surface area contributed by atoms with E-state index >= 15 is 0 Å². The number of hydrogen-bond acceptors (Lipinski definition) is 4. The Morgan fingerprint density at radius 2 is 2.09 bits per heavy atom. The van der Waals surface area contributed by atoms with E-state index in [2.05, 4.69) is 10.2 Å². The molecule has 1 aliphatic rings. The van der Waals surface area contributed by atoms with Crippen LogP contribution in [0.3, 0.4) is 0 Å². The van der Waals surface area contributed by atoms with E-state index in [-0.39, 0.29) is 17.6 Å². The van der Waals surface area contributed by atoms with Gasteiger partial charge in [0.15, 0.2) is 9.84 Å². The van der Waals surface area contributed by atoms with E-state index < -0.39 is 9.84 Å². The predicted octanol–water partition coefficient (Wildman–Crippen LogP) is 2.48. The first kappa shape index (κ1) is 15.2. The predicted molar refractivity (Wildman–Crippen MR) is 85.2 cm³/mol. The number of nitrogens with one attached hydrogen (secondary N) is 1. The standard InChI is InChI=1S/C16H20N2O3S/c1-12-15(11-22(19,20)10-14-8-5-9-21-14)17-18-16(12)13-6-3-2-4-7-13/h2-4,6-7,14H,5,8-11H2,1H3,(H,17,18). The summed E-state index contributed by atoms with van der Waals surface area (Å²) in [7, 11) is -3.21. The lowest BCUT2D eigenvalue weighted by atomic mass is 10.1. The van der Waals surface area contributed by atoms with Crippen molar-refractivity contribution in [3.8, 4) is 11.3 Å². The fourth-order valence-corrected chi connectivity index (χ4v) is 4.46. The summed E-state index contributed by atoms with van der Waals surface area (Å²) in [6.07, 6.45) is 1.62. The van der Waals surface area contributed by atoms with Crippen LogP contribution in [-0.4, -0.2) is 37.1 Å². The van der Waals surface area contributed by atoms with Gasteiger partial charge in [-0.2, -0.15) is 5.10 Å². The van der Waals surface area contributed by atoms with Crippen molar-refractivity contribution in [3.63, 3.8) is 0 Å². The largest absolute Gasteiger partial charge is 0.377 e. The third-order valence-electron chi connectivity index (χ3n) is 3.99. The zero-order chi connectivity index (χ0) is 15.6. The number of sulfone groups is 1. The molecule has 0 bridgehead atoms. The van der Waals surface area contributed by atoms with Crippen molar-refractivity contribution in [2.24, 2.45) is 0 Å². The van der Waals surface area contributed by atoms with E-state index in [4.69, 9.17) is 4.74 Å². The van der Waals surface area contributed by atoms with Crippen LogP contribution in [0, 0.1) is 6.92 Å². The molecule has 118 valence electrons. The lowest BCUT2D eigenvalue weighted by Gasteiger charge is -2.09. The summed E-state index contributed by atoms with van der Waals surface area (Å²) in [5, 5.41) is 7.16. The van der Waals surface area contributed by atoms with Crippen LogP contribution in [0.15, 0.2) is 30.3 Å². The molecule has 0 radical (unpaired) electrons. The van der Waals surface area contributed by atoms with Crippen LogP contribution >= 0.6 is 0 Å². The highest BCUT2D eigenvalue weighted by Gasteiger charge is 2.25. The molecule has 0 saturated carbocycles. The molecular formula is C16H20N2O3S. The topological polar surface area (TPSA) is 72.0 Å². The van der Waals surface area contributed by atoms with Gasteiger partial charge in [0, 0.05) is 12.2 Å². The number of rotatable bonds is 5. The zero-order valence-corrected chi connectivity index (χ0v) is 13.4. The van der Waals surface area contributed by atoms with E-state index in [0.717, 1.165) is 29.7 Å². The molecule has 3 rings (SSSR count). The van der Waals surface area contributed by atoms with Crippen molar-refractivity contribution in [2.45, 2.75) is 31.6 Å². The summed E-state index contributed by atoms with van der Waals surface area (Å²) in [4.78, 5) is 0. The van der Waals surface area contributed by atoms with Crippen molar-refractivity contribution < 1.29 is 13.2 Å².